The average molecular weight is 326 g/mol. The highest BCUT2D eigenvalue weighted by Gasteiger charge is 2.25. The molecule has 1 aromatic carbocycles. The normalized spacial score (nSPS) is 16.4. The molecule has 0 radical (unpaired) electrons. The van der Waals surface area contributed by atoms with Gasteiger partial charge in [0.05, 0.1) is 16.4 Å². The maximum absolute atomic E-state index is 12.2. The van der Waals surface area contributed by atoms with Crippen molar-refractivity contribution < 1.29 is 9.53 Å². The molecule has 1 heterocycles. The second kappa shape index (κ2) is 6.65. The van der Waals surface area contributed by atoms with Crippen LogP contribution in [-0.4, -0.2) is 42.8 Å². The first-order valence-corrected chi connectivity index (χ1v) is 7.92. The number of nitrogen functional groups attached to an aromatic ring is 1. The van der Waals surface area contributed by atoms with Gasteiger partial charge in [-0.25, -0.2) is 4.79 Å². The minimum atomic E-state index is -0.472. The molecule has 0 unspecified atom stereocenters. The van der Waals surface area contributed by atoms with Crippen molar-refractivity contribution in [3.63, 3.8) is 0 Å². The van der Waals surface area contributed by atoms with Crippen LogP contribution in [-0.2, 0) is 4.74 Å². The quantitative estimate of drug-likeness (QED) is 0.804. The van der Waals surface area contributed by atoms with Crippen LogP contribution < -0.4 is 10.6 Å². The number of ether oxygens (including phenoxy) is 1. The SMILES string of the molecule is CC(C)(C)OC(=O)N1CCCN(c2cccc(Cl)c2N)CC1. The van der Waals surface area contributed by atoms with Gasteiger partial charge in [-0.3, -0.25) is 0 Å². The summed E-state index contributed by atoms with van der Waals surface area (Å²) in [7, 11) is 0. The molecule has 0 spiro atoms. The molecule has 0 aromatic heterocycles. The second-order valence-corrected chi connectivity index (χ2v) is 6.89. The van der Waals surface area contributed by atoms with E-state index >= 15 is 0 Å². The summed E-state index contributed by atoms with van der Waals surface area (Å²) < 4.78 is 5.44. The second-order valence-electron chi connectivity index (χ2n) is 6.48. The molecule has 5 nitrogen and oxygen atoms in total. The largest absolute Gasteiger partial charge is 0.444 e. The van der Waals surface area contributed by atoms with Crippen molar-refractivity contribution in [1.29, 1.82) is 0 Å². The van der Waals surface area contributed by atoms with Gasteiger partial charge < -0.3 is 20.3 Å². The first kappa shape index (κ1) is 16.7. The summed E-state index contributed by atoms with van der Waals surface area (Å²) in [6.45, 7) is 8.48. The number of nitrogens with two attached hydrogens (primary N) is 1. The van der Waals surface area contributed by atoms with Gasteiger partial charge in [-0.2, -0.15) is 0 Å². The molecule has 0 aliphatic carbocycles. The molecule has 22 heavy (non-hydrogen) atoms. The van der Waals surface area contributed by atoms with Gasteiger partial charge in [0, 0.05) is 26.2 Å². The Morgan fingerprint density at radius 1 is 1.23 bits per heavy atom. The van der Waals surface area contributed by atoms with Crippen molar-refractivity contribution in [2.24, 2.45) is 0 Å². The van der Waals surface area contributed by atoms with Gasteiger partial charge in [0.1, 0.15) is 5.60 Å². The van der Waals surface area contributed by atoms with Gasteiger partial charge in [-0.1, -0.05) is 17.7 Å². The zero-order valence-electron chi connectivity index (χ0n) is 13.4. The molecular weight excluding hydrogens is 302 g/mol. The van der Waals surface area contributed by atoms with E-state index < -0.39 is 5.60 Å². The standard InChI is InChI=1S/C16H24ClN3O2/c1-16(2,3)22-15(21)20-9-5-8-19(10-11-20)13-7-4-6-12(17)14(13)18/h4,6-7H,5,8-11,18H2,1-3H3. The van der Waals surface area contributed by atoms with Crippen molar-refractivity contribution in [2.45, 2.75) is 32.8 Å². The molecule has 1 aliphatic rings. The maximum atomic E-state index is 12.2. The van der Waals surface area contributed by atoms with Gasteiger partial charge in [-0.15, -0.1) is 0 Å². The monoisotopic (exact) mass is 325 g/mol. The Morgan fingerprint density at radius 2 is 1.95 bits per heavy atom. The van der Waals surface area contributed by atoms with E-state index in [1.807, 2.05) is 32.9 Å². The number of amides is 1. The Balaban J connectivity index is 2.04. The molecule has 0 saturated carbocycles. The summed E-state index contributed by atoms with van der Waals surface area (Å²) in [6, 6.07) is 5.64. The Labute approximate surface area is 137 Å². The van der Waals surface area contributed by atoms with E-state index in [-0.39, 0.29) is 6.09 Å². The van der Waals surface area contributed by atoms with Gasteiger partial charge in [-0.05, 0) is 39.3 Å². The predicted octanol–water partition coefficient (Wildman–Crippen LogP) is 3.37. The summed E-state index contributed by atoms with van der Waals surface area (Å²) in [5, 5.41) is 0.561. The fraction of sp³-hybridized carbons (Fsp3) is 0.562. The van der Waals surface area contributed by atoms with Crippen molar-refractivity contribution in [3.8, 4) is 0 Å². The molecule has 2 rings (SSSR count). The third-order valence-electron chi connectivity index (χ3n) is 3.52. The molecular formula is C16H24ClN3O2. The number of nitrogens with zero attached hydrogens (tertiary/aromatic N) is 2. The molecule has 0 bridgehead atoms. The molecule has 1 aliphatic heterocycles. The zero-order chi connectivity index (χ0) is 16.3. The molecule has 0 atom stereocenters. The summed E-state index contributed by atoms with van der Waals surface area (Å²) in [4.78, 5) is 16.1. The molecule has 2 N–H and O–H groups in total. The van der Waals surface area contributed by atoms with Crippen LogP contribution >= 0.6 is 11.6 Å². The molecule has 1 aromatic rings. The first-order chi connectivity index (χ1) is 10.3. The third kappa shape index (κ3) is 4.19. The summed E-state index contributed by atoms with van der Waals surface area (Å²) in [6.07, 6.45) is 0.610. The fourth-order valence-electron chi connectivity index (χ4n) is 2.47. The lowest BCUT2D eigenvalue weighted by Gasteiger charge is -2.27. The van der Waals surface area contributed by atoms with E-state index in [0.29, 0.717) is 30.3 Å². The number of carbonyl (C=O) groups excluding carboxylic acids is 1. The van der Waals surface area contributed by atoms with E-state index in [1.54, 1.807) is 11.0 Å². The molecule has 6 heteroatoms. The van der Waals surface area contributed by atoms with Crippen LogP contribution in [0.4, 0.5) is 16.2 Å². The Kier molecular flexibility index (Phi) is 5.06. The molecule has 1 fully saturated rings. The number of hydrogen-bond acceptors (Lipinski definition) is 4. The van der Waals surface area contributed by atoms with Gasteiger partial charge >= 0.3 is 6.09 Å². The zero-order valence-corrected chi connectivity index (χ0v) is 14.2. The molecule has 122 valence electrons. The highest BCUT2D eigenvalue weighted by molar-refractivity contribution is 6.33. The van der Waals surface area contributed by atoms with Crippen LogP contribution in [0.5, 0.6) is 0 Å². The lowest BCUT2D eigenvalue weighted by Crippen LogP contribution is -2.39. The van der Waals surface area contributed by atoms with Gasteiger partial charge in [0.25, 0.3) is 0 Å². The summed E-state index contributed by atoms with van der Waals surface area (Å²) in [5.74, 6) is 0. The number of anilines is 2. The van der Waals surface area contributed by atoms with Crippen LogP contribution in [0.2, 0.25) is 5.02 Å². The van der Waals surface area contributed by atoms with Crippen molar-refractivity contribution >= 4 is 29.1 Å². The number of para-hydroxylation sites is 1. The number of halogens is 1. The van der Waals surface area contributed by atoms with Crippen molar-refractivity contribution in [2.75, 3.05) is 36.8 Å². The van der Waals surface area contributed by atoms with Gasteiger partial charge in [0.15, 0.2) is 0 Å². The Hall–Kier alpha value is -1.62. The first-order valence-electron chi connectivity index (χ1n) is 7.55. The molecule has 1 saturated heterocycles. The predicted molar refractivity (Wildman–Crippen MR) is 90.5 cm³/mol. The fourth-order valence-corrected chi connectivity index (χ4v) is 2.64. The minimum absolute atomic E-state index is 0.256. The lowest BCUT2D eigenvalue weighted by atomic mass is 10.2. The van der Waals surface area contributed by atoms with Gasteiger partial charge in [0.2, 0.25) is 0 Å². The topological polar surface area (TPSA) is 58.8 Å². The van der Waals surface area contributed by atoms with Crippen LogP contribution in [0.15, 0.2) is 18.2 Å². The van der Waals surface area contributed by atoms with E-state index in [1.165, 1.54) is 0 Å². The van der Waals surface area contributed by atoms with E-state index in [4.69, 9.17) is 22.1 Å². The van der Waals surface area contributed by atoms with Crippen LogP contribution in [0.3, 0.4) is 0 Å². The Morgan fingerprint density at radius 3 is 2.64 bits per heavy atom. The van der Waals surface area contributed by atoms with Crippen molar-refractivity contribution in [3.05, 3.63) is 23.2 Å². The number of hydrogen-bond donors (Lipinski definition) is 1. The number of benzene rings is 1. The van der Waals surface area contributed by atoms with E-state index in [2.05, 4.69) is 4.90 Å². The summed E-state index contributed by atoms with van der Waals surface area (Å²) >= 11 is 6.09. The number of carbonyl (C=O) groups is 1. The highest BCUT2D eigenvalue weighted by atomic mass is 35.5. The van der Waals surface area contributed by atoms with E-state index in [9.17, 15) is 4.79 Å². The molecule has 1 amide bonds. The minimum Gasteiger partial charge on any atom is -0.444 e. The third-order valence-corrected chi connectivity index (χ3v) is 3.85. The highest BCUT2D eigenvalue weighted by Crippen LogP contribution is 2.30. The average Bonchev–Trinajstić information content (AvgIpc) is 2.66. The van der Waals surface area contributed by atoms with Crippen LogP contribution in [0.1, 0.15) is 27.2 Å². The number of rotatable bonds is 1. The maximum Gasteiger partial charge on any atom is 0.410 e. The van der Waals surface area contributed by atoms with Crippen LogP contribution in [0.25, 0.3) is 0 Å². The van der Waals surface area contributed by atoms with Crippen molar-refractivity contribution in [1.82, 2.24) is 4.90 Å². The smallest absolute Gasteiger partial charge is 0.410 e. The Bertz CT molecular complexity index is 543. The lowest BCUT2D eigenvalue weighted by molar-refractivity contribution is 0.0263. The summed E-state index contributed by atoms with van der Waals surface area (Å²) in [5.41, 5.74) is 7.11. The van der Waals surface area contributed by atoms with Crippen LogP contribution in [0, 0.1) is 0 Å². The van der Waals surface area contributed by atoms with E-state index in [0.717, 1.165) is 18.7 Å².